The number of benzene rings is 1. The molecular weight excluding hydrogens is 178 g/mol. The van der Waals surface area contributed by atoms with Gasteiger partial charge in [0.15, 0.2) is 0 Å². The number of hydrogen-bond donors (Lipinski definition) is 2. The molecule has 0 spiro atoms. The predicted molar refractivity (Wildman–Crippen MR) is 57.4 cm³/mol. The summed E-state index contributed by atoms with van der Waals surface area (Å²) in [5.41, 5.74) is 7.07. The van der Waals surface area contributed by atoms with Crippen LogP contribution < -0.4 is 10.5 Å². The van der Waals surface area contributed by atoms with Crippen LogP contribution in [0.2, 0.25) is 0 Å². The molecule has 1 rings (SSSR count). The Kier molecular flexibility index (Phi) is 3.40. The summed E-state index contributed by atoms with van der Waals surface area (Å²) in [5.74, 6) is 0.571. The maximum absolute atomic E-state index is 9.29. The van der Waals surface area contributed by atoms with Gasteiger partial charge in [0.25, 0.3) is 0 Å². The molecule has 76 valence electrons. The molecule has 3 nitrogen and oxygen atoms in total. The Labute approximate surface area is 83.8 Å². The Bertz CT molecular complexity index is 341. The van der Waals surface area contributed by atoms with Crippen LogP contribution in [0.3, 0.4) is 0 Å². The van der Waals surface area contributed by atoms with E-state index in [0.717, 1.165) is 0 Å². The number of ether oxygens (including phenoxy) is 1. The SMILES string of the molecule is CC(C)=CCOc1cccc(O)c1N. The van der Waals surface area contributed by atoms with Crippen LogP contribution in [-0.4, -0.2) is 11.7 Å². The molecule has 3 N–H and O–H groups in total. The van der Waals surface area contributed by atoms with Crippen molar-refractivity contribution in [2.75, 3.05) is 12.3 Å². The Morgan fingerprint density at radius 3 is 2.86 bits per heavy atom. The molecule has 0 fully saturated rings. The molecule has 0 unspecified atom stereocenters. The molecule has 14 heavy (non-hydrogen) atoms. The van der Waals surface area contributed by atoms with E-state index in [1.807, 2.05) is 19.9 Å². The number of nitrogen functional groups attached to an aromatic ring is 1. The van der Waals surface area contributed by atoms with Gasteiger partial charge in [-0.3, -0.25) is 0 Å². The van der Waals surface area contributed by atoms with Gasteiger partial charge in [-0.05, 0) is 32.1 Å². The zero-order chi connectivity index (χ0) is 10.6. The first-order chi connectivity index (χ1) is 6.61. The maximum Gasteiger partial charge on any atom is 0.146 e. The van der Waals surface area contributed by atoms with Gasteiger partial charge in [0, 0.05) is 0 Å². The molecule has 0 amide bonds. The van der Waals surface area contributed by atoms with Crippen LogP contribution in [0.4, 0.5) is 5.69 Å². The molecule has 0 radical (unpaired) electrons. The van der Waals surface area contributed by atoms with E-state index in [1.54, 1.807) is 12.1 Å². The molecule has 0 aromatic heterocycles. The number of para-hydroxylation sites is 1. The van der Waals surface area contributed by atoms with E-state index >= 15 is 0 Å². The minimum Gasteiger partial charge on any atom is -0.506 e. The fraction of sp³-hybridized carbons (Fsp3) is 0.273. The third-order valence-electron chi connectivity index (χ3n) is 1.77. The summed E-state index contributed by atoms with van der Waals surface area (Å²) in [6.07, 6.45) is 1.95. The second-order valence-electron chi connectivity index (χ2n) is 3.28. The van der Waals surface area contributed by atoms with Crippen molar-refractivity contribution in [2.24, 2.45) is 0 Å². The fourth-order valence-corrected chi connectivity index (χ4v) is 0.956. The number of allylic oxidation sites excluding steroid dienone is 1. The van der Waals surface area contributed by atoms with Gasteiger partial charge in [-0.1, -0.05) is 11.6 Å². The molecule has 0 aliphatic heterocycles. The second kappa shape index (κ2) is 4.56. The second-order valence-corrected chi connectivity index (χ2v) is 3.28. The van der Waals surface area contributed by atoms with Gasteiger partial charge < -0.3 is 15.6 Å². The Balaban J connectivity index is 2.68. The van der Waals surface area contributed by atoms with E-state index in [1.165, 1.54) is 11.6 Å². The highest BCUT2D eigenvalue weighted by Gasteiger charge is 2.02. The van der Waals surface area contributed by atoms with Crippen LogP contribution in [-0.2, 0) is 0 Å². The van der Waals surface area contributed by atoms with Crippen molar-refractivity contribution in [3.8, 4) is 11.5 Å². The quantitative estimate of drug-likeness (QED) is 0.440. The Morgan fingerprint density at radius 1 is 1.50 bits per heavy atom. The van der Waals surface area contributed by atoms with Crippen molar-refractivity contribution in [2.45, 2.75) is 13.8 Å². The highest BCUT2D eigenvalue weighted by Crippen LogP contribution is 2.29. The molecular formula is C11H15NO2. The van der Waals surface area contributed by atoms with Crippen molar-refractivity contribution in [3.63, 3.8) is 0 Å². The highest BCUT2D eigenvalue weighted by atomic mass is 16.5. The van der Waals surface area contributed by atoms with Gasteiger partial charge in [-0.15, -0.1) is 0 Å². The minimum atomic E-state index is 0.0553. The van der Waals surface area contributed by atoms with Crippen LogP contribution in [0.1, 0.15) is 13.8 Å². The van der Waals surface area contributed by atoms with Crippen LogP contribution in [0.5, 0.6) is 11.5 Å². The van der Waals surface area contributed by atoms with E-state index in [9.17, 15) is 5.11 Å². The lowest BCUT2D eigenvalue weighted by Gasteiger charge is -2.07. The lowest BCUT2D eigenvalue weighted by molar-refractivity contribution is 0.361. The number of anilines is 1. The monoisotopic (exact) mass is 193 g/mol. The summed E-state index contributed by atoms with van der Waals surface area (Å²) in [7, 11) is 0. The number of hydrogen-bond acceptors (Lipinski definition) is 3. The normalized spacial score (nSPS) is 9.57. The van der Waals surface area contributed by atoms with E-state index in [2.05, 4.69) is 0 Å². The molecule has 0 aliphatic carbocycles. The van der Waals surface area contributed by atoms with E-state index in [-0.39, 0.29) is 11.4 Å². The van der Waals surface area contributed by atoms with Crippen molar-refractivity contribution < 1.29 is 9.84 Å². The number of aromatic hydroxyl groups is 1. The molecule has 0 saturated heterocycles. The van der Waals surface area contributed by atoms with E-state index < -0.39 is 0 Å². The van der Waals surface area contributed by atoms with Crippen molar-refractivity contribution >= 4 is 5.69 Å². The predicted octanol–water partition coefficient (Wildman–Crippen LogP) is 2.32. The van der Waals surface area contributed by atoms with Gasteiger partial charge >= 0.3 is 0 Å². The van der Waals surface area contributed by atoms with Gasteiger partial charge in [-0.25, -0.2) is 0 Å². The summed E-state index contributed by atoms with van der Waals surface area (Å²) in [6, 6.07) is 4.96. The van der Waals surface area contributed by atoms with E-state index in [0.29, 0.717) is 12.4 Å². The van der Waals surface area contributed by atoms with Crippen LogP contribution in [0.25, 0.3) is 0 Å². The van der Waals surface area contributed by atoms with Crippen molar-refractivity contribution in [3.05, 3.63) is 29.8 Å². The van der Waals surface area contributed by atoms with Crippen LogP contribution >= 0.6 is 0 Å². The topological polar surface area (TPSA) is 55.5 Å². The van der Waals surface area contributed by atoms with Crippen molar-refractivity contribution in [1.29, 1.82) is 0 Å². The summed E-state index contributed by atoms with van der Waals surface area (Å²) in [6.45, 7) is 4.46. The molecule has 1 aromatic rings. The number of nitrogens with two attached hydrogens (primary N) is 1. The van der Waals surface area contributed by atoms with Gasteiger partial charge in [0.05, 0.1) is 0 Å². The lowest BCUT2D eigenvalue weighted by atomic mass is 10.3. The van der Waals surface area contributed by atoms with Gasteiger partial charge in [0.1, 0.15) is 23.8 Å². The summed E-state index contributed by atoms with van der Waals surface area (Å²) in [5, 5.41) is 9.29. The largest absolute Gasteiger partial charge is 0.506 e. The van der Waals surface area contributed by atoms with Crippen LogP contribution in [0, 0.1) is 0 Å². The molecule has 0 saturated carbocycles. The maximum atomic E-state index is 9.29. The highest BCUT2D eigenvalue weighted by molar-refractivity contribution is 5.61. The molecule has 0 atom stereocenters. The molecule has 0 bridgehead atoms. The average molecular weight is 193 g/mol. The summed E-state index contributed by atoms with van der Waals surface area (Å²) >= 11 is 0. The van der Waals surface area contributed by atoms with Crippen molar-refractivity contribution in [1.82, 2.24) is 0 Å². The first-order valence-corrected chi connectivity index (χ1v) is 4.45. The fourth-order valence-electron chi connectivity index (χ4n) is 0.956. The third kappa shape index (κ3) is 2.69. The zero-order valence-electron chi connectivity index (χ0n) is 8.45. The zero-order valence-corrected chi connectivity index (χ0v) is 8.45. The number of phenols is 1. The minimum absolute atomic E-state index is 0.0553. The van der Waals surface area contributed by atoms with Crippen LogP contribution in [0.15, 0.2) is 29.8 Å². The molecule has 3 heteroatoms. The van der Waals surface area contributed by atoms with Gasteiger partial charge in [0.2, 0.25) is 0 Å². The summed E-state index contributed by atoms with van der Waals surface area (Å²) < 4.78 is 5.37. The molecule has 0 heterocycles. The Morgan fingerprint density at radius 2 is 2.21 bits per heavy atom. The average Bonchev–Trinajstić information content (AvgIpc) is 2.12. The number of phenolic OH excluding ortho intramolecular Hbond substituents is 1. The summed E-state index contributed by atoms with van der Waals surface area (Å²) in [4.78, 5) is 0. The standard InChI is InChI=1S/C11H15NO2/c1-8(2)6-7-14-10-5-3-4-9(13)11(10)12/h3-6,13H,7,12H2,1-2H3. The Hall–Kier alpha value is -1.64. The molecule has 1 aromatic carbocycles. The lowest BCUT2D eigenvalue weighted by Crippen LogP contribution is -1.98. The number of rotatable bonds is 3. The third-order valence-corrected chi connectivity index (χ3v) is 1.77. The smallest absolute Gasteiger partial charge is 0.146 e. The first-order valence-electron chi connectivity index (χ1n) is 4.45. The first kappa shape index (κ1) is 10.4. The molecule has 0 aliphatic rings. The van der Waals surface area contributed by atoms with E-state index in [4.69, 9.17) is 10.5 Å². The van der Waals surface area contributed by atoms with Gasteiger partial charge in [-0.2, -0.15) is 0 Å².